The molecule has 1 aromatic rings. The van der Waals surface area contributed by atoms with Gasteiger partial charge in [-0.2, -0.15) is 5.26 Å². The van der Waals surface area contributed by atoms with Crippen LogP contribution >= 0.6 is 0 Å². The van der Waals surface area contributed by atoms with E-state index < -0.39 is 5.60 Å². The highest BCUT2D eigenvalue weighted by molar-refractivity contribution is 5.44. The van der Waals surface area contributed by atoms with Gasteiger partial charge in [-0.25, -0.2) is 0 Å². The second kappa shape index (κ2) is 7.00. The third-order valence-electron chi connectivity index (χ3n) is 5.69. The van der Waals surface area contributed by atoms with Crippen LogP contribution in [-0.4, -0.2) is 42.9 Å². The van der Waals surface area contributed by atoms with E-state index in [2.05, 4.69) is 11.0 Å². The minimum atomic E-state index is -0.609. The highest BCUT2D eigenvalue weighted by Gasteiger charge is 2.48. The van der Waals surface area contributed by atoms with Gasteiger partial charge in [0, 0.05) is 18.5 Å². The maximum atomic E-state index is 11.2. The summed E-state index contributed by atoms with van der Waals surface area (Å²) < 4.78 is 10.8. The summed E-state index contributed by atoms with van der Waals surface area (Å²) in [7, 11) is 3.26. The first kappa shape index (κ1) is 17.1. The maximum absolute atomic E-state index is 11.2. The fourth-order valence-corrected chi connectivity index (χ4v) is 4.49. The van der Waals surface area contributed by atoms with Crippen LogP contribution in [0.4, 0.5) is 0 Å². The largest absolute Gasteiger partial charge is 0.493 e. The number of aliphatic hydroxyl groups is 1. The van der Waals surface area contributed by atoms with E-state index in [1.165, 1.54) is 0 Å². The molecule has 0 aromatic heterocycles. The van der Waals surface area contributed by atoms with Crippen molar-refractivity contribution < 1.29 is 14.6 Å². The lowest BCUT2D eigenvalue weighted by Gasteiger charge is -2.52. The molecule has 1 saturated heterocycles. The zero-order valence-corrected chi connectivity index (χ0v) is 14.5. The van der Waals surface area contributed by atoms with Crippen molar-refractivity contribution >= 4 is 0 Å². The number of likely N-dealkylation sites (tertiary alicyclic amines) is 1. The van der Waals surface area contributed by atoms with E-state index in [0.29, 0.717) is 18.0 Å². The lowest BCUT2D eigenvalue weighted by atomic mass is 9.66. The van der Waals surface area contributed by atoms with Gasteiger partial charge in [0.2, 0.25) is 0 Å². The van der Waals surface area contributed by atoms with Gasteiger partial charge in [0.05, 0.1) is 32.4 Å². The molecule has 2 aliphatic rings. The zero-order valence-electron chi connectivity index (χ0n) is 14.5. The first-order valence-electron chi connectivity index (χ1n) is 8.68. The molecule has 1 aliphatic carbocycles. The Bertz CT molecular complexity index is 628. The zero-order chi connectivity index (χ0) is 17.2. The molecule has 1 aromatic carbocycles. The molecular weight excluding hydrogens is 304 g/mol. The summed E-state index contributed by atoms with van der Waals surface area (Å²) in [6, 6.07) is 8.27. The van der Waals surface area contributed by atoms with E-state index >= 15 is 0 Å². The van der Waals surface area contributed by atoms with Gasteiger partial charge >= 0.3 is 0 Å². The number of fused-ring (bicyclic) bond motifs is 1. The fourth-order valence-electron chi connectivity index (χ4n) is 4.49. The van der Waals surface area contributed by atoms with Gasteiger partial charge in [-0.3, -0.25) is 4.90 Å². The average Bonchev–Trinajstić information content (AvgIpc) is 2.61. The van der Waals surface area contributed by atoms with Crippen molar-refractivity contribution in [1.29, 1.82) is 5.26 Å². The van der Waals surface area contributed by atoms with Gasteiger partial charge in [0.15, 0.2) is 11.5 Å². The number of hydrogen-bond acceptors (Lipinski definition) is 5. The van der Waals surface area contributed by atoms with Gasteiger partial charge in [-0.15, -0.1) is 0 Å². The molecule has 3 atom stereocenters. The molecule has 5 heteroatoms. The second-order valence-electron chi connectivity index (χ2n) is 6.89. The molecule has 0 radical (unpaired) electrons. The van der Waals surface area contributed by atoms with Crippen LogP contribution in [0, 0.1) is 17.2 Å². The monoisotopic (exact) mass is 330 g/mol. The van der Waals surface area contributed by atoms with Crippen molar-refractivity contribution in [1.82, 2.24) is 4.90 Å². The average molecular weight is 330 g/mol. The lowest BCUT2D eigenvalue weighted by Crippen LogP contribution is -2.54. The topological polar surface area (TPSA) is 65.7 Å². The molecule has 24 heavy (non-hydrogen) atoms. The molecule has 3 rings (SSSR count). The van der Waals surface area contributed by atoms with Crippen molar-refractivity contribution in [3.8, 4) is 17.6 Å². The molecule has 0 bridgehead atoms. The number of rotatable bonds is 4. The van der Waals surface area contributed by atoms with Crippen LogP contribution in [-0.2, 0) is 0 Å². The predicted octanol–water partition coefficient (Wildman–Crippen LogP) is 2.90. The third kappa shape index (κ3) is 2.97. The Balaban J connectivity index is 2.00. The van der Waals surface area contributed by atoms with E-state index in [1.54, 1.807) is 14.2 Å². The smallest absolute Gasteiger partial charge is 0.161 e. The highest BCUT2D eigenvalue weighted by Crippen LogP contribution is 2.49. The standard InChI is InChI=1S/C19H26N2O3/c1-23-16-7-6-14(13-17(16)24-2)18-15-5-3-4-8-19(15,22)9-11-21(18)12-10-20/h6-7,13,15,18,22H,3-5,8-9,11-12H2,1-2H3. The molecule has 1 heterocycles. The fraction of sp³-hybridized carbons (Fsp3) is 0.632. The first-order valence-corrected chi connectivity index (χ1v) is 8.68. The molecule has 130 valence electrons. The van der Waals surface area contributed by atoms with E-state index in [-0.39, 0.29) is 12.0 Å². The number of ether oxygens (including phenoxy) is 2. The molecule has 0 spiro atoms. The predicted molar refractivity (Wildman–Crippen MR) is 91.0 cm³/mol. The highest BCUT2D eigenvalue weighted by atomic mass is 16.5. The number of nitrogens with zero attached hydrogens (tertiary/aromatic N) is 2. The number of methoxy groups -OCH3 is 2. The number of nitriles is 1. The van der Waals surface area contributed by atoms with Crippen LogP contribution in [0.1, 0.15) is 43.7 Å². The molecular formula is C19H26N2O3. The summed E-state index contributed by atoms with van der Waals surface area (Å²) in [5.74, 6) is 1.55. The van der Waals surface area contributed by atoms with Gasteiger partial charge in [0.1, 0.15) is 0 Å². The van der Waals surface area contributed by atoms with Gasteiger partial charge in [-0.05, 0) is 37.0 Å². The Labute approximate surface area is 143 Å². The SMILES string of the molecule is COc1ccc(C2C3CCCCC3(O)CCN2CC#N)cc1OC. The summed E-state index contributed by atoms with van der Waals surface area (Å²) in [5, 5.41) is 20.4. The number of hydrogen-bond donors (Lipinski definition) is 1. The van der Waals surface area contributed by atoms with Crippen LogP contribution in [0.5, 0.6) is 11.5 Å². The van der Waals surface area contributed by atoms with Gasteiger partial charge in [0.25, 0.3) is 0 Å². The van der Waals surface area contributed by atoms with E-state index in [1.807, 2.05) is 18.2 Å². The quantitative estimate of drug-likeness (QED) is 0.860. The van der Waals surface area contributed by atoms with Crippen molar-refractivity contribution in [3.63, 3.8) is 0 Å². The number of benzene rings is 1. The normalized spacial score (nSPS) is 30.2. The molecule has 1 saturated carbocycles. The van der Waals surface area contributed by atoms with Crippen LogP contribution in [0.2, 0.25) is 0 Å². The molecule has 1 N–H and O–H groups in total. The van der Waals surface area contributed by atoms with Crippen molar-refractivity contribution in [2.75, 3.05) is 27.3 Å². The Morgan fingerprint density at radius 2 is 2.04 bits per heavy atom. The van der Waals surface area contributed by atoms with Crippen molar-refractivity contribution in [3.05, 3.63) is 23.8 Å². The van der Waals surface area contributed by atoms with Crippen LogP contribution < -0.4 is 9.47 Å². The maximum Gasteiger partial charge on any atom is 0.161 e. The summed E-state index contributed by atoms with van der Waals surface area (Å²) in [6.07, 6.45) is 4.84. The molecule has 0 amide bonds. The lowest BCUT2D eigenvalue weighted by molar-refractivity contribution is -0.121. The van der Waals surface area contributed by atoms with E-state index in [4.69, 9.17) is 9.47 Å². The third-order valence-corrected chi connectivity index (χ3v) is 5.69. The summed E-state index contributed by atoms with van der Waals surface area (Å²) >= 11 is 0. The minimum absolute atomic E-state index is 0.0449. The minimum Gasteiger partial charge on any atom is -0.493 e. The summed E-state index contributed by atoms with van der Waals surface area (Å²) in [6.45, 7) is 1.13. The Morgan fingerprint density at radius 1 is 1.25 bits per heavy atom. The molecule has 5 nitrogen and oxygen atoms in total. The first-order chi connectivity index (χ1) is 11.6. The summed E-state index contributed by atoms with van der Waals surface area (Å²) in [4.78, 5) is 2.20. The Morgan fingerprint density at radius 3 is 2.75 bits per heavy atom. The van der Waals surface area contributed by atoms with Crippen LogP contribution in [0.3, 0.4) is 0 Å². The molecule has 3 unspecified atom stereocenters. The van der Waals surface area contributed by atoms with E-state index in [9.17, 15) is 10.4 Å². The van der Waals surface area contributed by atoms with Crippen molar-refractivity contribution in [2.45, 2.75) is 43.7 Å². The van der Waals surface area contributed by atoms with Crippen molar-refractivity contribution in [2.24, 2.45) is 5.92 Å². The second-order valence-corrected chi connectivity index (χ2v) is 6.89. The Hall–Kier alpha value is -1.77. The van der Waals surface area contributed by atoms with Gasteiger partial charge in [-0.1, -0.05) is 18.9 Å². The Kier molecular flexibility index (Phi) is 4.98. The van der Waals surface area contributed by atoms with E-state index in [0.717, 1.165) is 44.2 Å². The molecule has 1 aliphatic heterocycles. The summed E-state index contributed by atoms with van der Waals surface area (Å²) in [5.41, 5.74) is 0.482. The molecule has 2 fully saturated rings. The van der Waals surface area contributed by atoms with Gasteiger partial charge < -0.3 is 14.6 Å². The van der Waals surface area contributed by atoms with Crippen LogP contribution in [0.25, 0.3) is 0 Å². The van der Waals surface area contributed by atoms with Crippen LogP contribution in [0.15, 0.2) is 18.2 Å². The number of piperidine rings is 1.